The number of ether oxygens (including phenoxy) is 1. The first-order valence-electron chi connectivity index (χ1n) is 6.30. The first-order valence-corrected chi connectivity index (χ1v) is 7.09. The number of nitrogens with zero attached hydrogens (tertiary/aromatic N) is 1. The Labute approximate surface area is 127 Å². The molecule has 0 aliphatic rings. The fourth-order valence-electron chi connectivity index (χ4n) is 1.92. The third kappa shape index (κ3) is 3.52. The van der Waals surface area contributed by atoms with Crippen molar-refractivity contribution in [2.75, 3.05) is 19.0 Å². The van der Waals surface area contributed by atoms with Crippen molar-refractivity contribution in [3.63, 3.8) is 0 Å². The lowest BCUT2D eigenvalue weighted by atomic mass is 10.1. The average molecular weight is 331 g/mol. The molecule has 1 N–H and O–H groups in total. The molecule has 0 saturated carbocycles. The Bertz CT molecular complexity index is 617. The molecule has 0 heterocycles. The van der Waals surface area contributed by atoms with Crippen molar-refractivity contribution < 1.29 is 4.74 Å². The Morgan fingerprint density at radius 2 is 1.95 bits per heavy atom. The molecule has 0 atom stereocenters. The van der Waals surface area contributed by atoms with Crippen LogP contribution in [0.2, 0.25) is 0 Å². The van der Waals surface area contributed by atoms with Gasteiger partial charge < -0.3 is 10.1 Å². The third-order valence-corrected chi connectivity index (χ3v) is 3.67. The fourth-order valence-corrected chi connectivity index (χ4v) is 2.37. The minimum Gasteiger partial charge on any atom is -0.497 e. The van der Waals surface area contributed by atoms with E-state index in [4.69, 9.17) is 10.00 Å². The lowest BCUT2D eigenvalue weighted by molar-refractivity contribution is 0.414. The van der Waals surface area contributed by atoms with E-state index in [1.807, 2.05) is 42.5 Å². The van der Waals surface area contributed by atoms with Crippen molar-refractivity contribution in [2.45, 2.75) is 6.42 Å². The Morgan fingerprint density at radius 1 is 1.20 bits per heavy atom. The van der Waals surface area contributed by atoms with Crippen LogP contribution in [0.15, 0.2) is 46.9 Å². The molecule has 0 saturated heterocycles. The average Bonchev–Trinajstić information content (AvgIpc) is 2.48. The van der Waals surface area contributed by atoms with Gasteiger partial charge >= 0.3 is 0 Å². The number of hydrogen-bond donors (Lipinski definition) is 1. The van der Waals surface area contributed by atoms with Crippen molar-refractivity contribution in [1.82, 2.24) is 0 Å². The highest BCUT2D eigenvalue weighted by Gasteiger charge is 2.05. The minimum atomic E-state index is 0.641. The summed E-state index contributed by atoms with van der Waals surface area (Å²) in [7, 11) is 1.66. The Morgan fingerprint density at radius 3 is 2.60 bits per heavy atom. The highest BCUT2D eigenvalue weighted by molar-refractivity contribution is 9.10. The van der Waals surface area contributed by atoms with Gasteiger partial charge in [-0.25, -0.2) is 0 Å². The number of halogens is 1. The van der Waals surface area contributed by atoms with Crippen LogP contribution in [0.3, 0.4) is 0 Å². The van der Waals surface area contributed by atoms with Crippen LogP contribution in [-0.2, 0) is 6.42 Å². The van der Waals surface area contributed by atoms with Gasteiger partial charge in [0.25, 0.3) is 0 Å². The van der Waals surface area contributed by atoms with E-state index in [9.17, 15) is 0 Å². The van der Waals surface area contributed by atoms with Gasteiger partial charge in [0.05, 0.1) is 18.4 Å². The summed E-state index contributed by atoms with van der Waals surface area (Å²) >= 11 is 3.38. The van der Waals surface area contributed by atoms with Crippen molar-refractivity contribution in [1.29, 1.82) is 5.26 Å². The molecule has 4 heteroatoms. The van der Waals surface area contributed by atoms with Crippen LogP contribution in [0.5, 0.6) is 5.75 Å². The van der Waals surface area contributed by atoms with Gasteiger partial charge in [-0.3, -0.25) is 0 Å². The SMILES string of the molecule is COc1ccc(CCNc2cccc(Br)c2C#N)cc1. The maximum absolute atomic E-state index is 9.14. The second-order valence-corrected chi connectivity index (χ2v) is 5.15. The Hall–Kier alpha value is -1.99. The first kappa shape index (κ1) is 14.4. The third-order valence-electron chi connectivity index (χ3n) is 3.01. The van der Waals surface area contributed by atoms with Crippen LogP contribution in [-0.4, -0.2) is 13.7 Å². The van der Waals surface area contributed by atoms with E-state index in [1.165, 1.54) is 5.56 Å². The summed E-state index contributed by atoms with van der Waals surface area (Å²) in [5, 5.41) is 12.4. The maximum Gasteiger partial charge on any atom is 0.118 e. The van der Waals surface area contributed by atoms with Crippen molar-refractivity contribution in [3.8, 4) is 11.8 Å². The molecule has 0 radical (unpaired) electrons. The maximum atomic E-state index is 9.14. The molecule has 0 amide bonds. The molecule has 0 spiro atoms. The standard InChI is InChI=1S/C16H15BrN2O/c1-20-13-7-5-12(6-8-13)9-10-19-16-4-2-3-15(17)14(16)11-18/h2-8,19H,9-10H2,1H3. The van der Waals surface area contributed by atoms with E-state index < -0.39 is 0 Å². The molecule has 2 aromatic rings. The number of hydrogen-bond acceptors (Lipinski definition) is 3. The molecule has 0 aliphatic heterocycles. The van der Waals surface area contributed by atoms with E-state index in [2.05, 4.69) is 27.3 Å². The second-order valence-electron chi connectivity index (χ2n) is 4.30. The van der Waals surface area contributed by atoms with E-state index in [0.717, 1.165) is 28.9 Å². The topological polar surface area (TPSA) is 45.0 Å². The molecule has 3 nitrogen and oxygen atoms in total. The van der Waals surface area contributed by atoms with Gasteiger partial charge in [0.15, 0.2) is 0 Å². The number of rotatable bonds is 5. The van der Waals surface area contributed by atoms with E-state index >= 15 is 0 Å². The molecule has 0 fully saturated rings. The van der Waals surface area contributed by atoms with Crippen molar-refractivity contribution in [3.05, 3.63) is 58.1 Å². The van der Waals surface area contributed by atoms with Gasteiger partial charge in [-0.2, -0.15) is 5.26 Å². The normalized spacial score (nSPS) is 9.85. The Balaban J connectivity index is 1.96. The van der Waals surface area contributed by atoms with E-state index in [1.54, 1.807) is 7.11 Å². The largest absolute Gasteiger partial charge is 0.497 e. The predicted octanol–water partition coefficient (Wildman–Crippen LogP) is 3.98. The molecule has 0 aliphatic carbocycles. The molecule has 2 aromatic carbocycles. The fraction of sp³-hybridized carbons (Fsp3) is 0.188. The summed E-state index contributed by atoms with van der Waals surface area (Å²) in [4.78, 5) is 0. The second kappa shape index (κ2) is 6.97. The molecule has 20 heavy (non-hydrogen) atoms. The van der Waals surface area contributed by atoms with Gasteiger partial charge in [0.2, 0.25) is 0 Å². The summed E-state index contributed by atoms with van der Waals surface area (Å²) in [6.45, 7) is 0.775. The van der Waals surface area contributed by atoms with Gasteiger partial charge in [0.1, 0.15) is 11.8 Å². The number of nitrogens with one attached hydrogen (secondary N) is 1. The van der Waals surface area contributed by atoms with Crippen LogP contribution >= 0.6 is 15.9 Å². The van der Waals surface area contributed by atoms with Crippen LogP contribution in [0.25, 0.3) is 0 Å². The lowest BCUT2D eigenvalue weighted by Crippen LogP contribution is -2.06. The lowest BCUT2D eigenvalue weighted by Gasteiger charge is -2.09. The van der Waals surface area contributed by atoms with Crippen molar-refractivity contribution >= 4 is 21.6 Å². The molecule has 0 aromatic heterocycles. The zero-order valence-electron chi connectivity index (χ0n) is 11.2. The number of benzene rings is 2. The van der Waals surface area contributed by atoms with Crippen LogP contribution in [0, 0.1) is 11.3 Å². The van der Waals surface area contributed by atoms with Crippen LogP contribution < -0.4 is 10.1 Å². The zero-order valence-corrected chi connectivity index (χ0v) is 12.8. The summed E-state index contributed by atoms with van der Waals surface area (Å²) in [5.41, 5.74) is 2.73. The number of nitriles is 1. The summed E-state index contributed by atoms with van der Waals surface area (Å²) in [5.74, 6) is 0.862. The van der Waals surface area contributed by atoms with E-state index in [-0.39, 0.29) is 0 Å². The molecular formula is C16H15BrN2O. The quantitative estimate of drug-likeness (QED) is 0.901. The number of methoxy groups -OCH3 is 1. The van der Waals surface area contributed by atoms with Crippen LogP contribution in [0.4, 0.5) is 5.69 Å². The predicted molar refractivity (Wildman–Crippen MR) is 84.0 cm³/mol. The summed E-state index contributed by atoms with van der Waals surface area (Å²) in [6.07, 6.45) is 0.890. The number of anilines is 1. The van der Waals surface area contributed by atoms with Gasteiger partial charge in [-0.05, 0) is 52.2 Å². The monoisotopic (exact) mass is 330 g/mol. The van der Waals surface area contributed by atoms with Crippen molar-refractivity contribution in [2.24, 2.45) is 0 Å². The molecule has 0 bridgehead atoms. The molecule has 0 unspecified atom stereocenters. The van der Waals surface area contributed by atoms with Crippen LogP contribution in [0.1, 0.15) is 11.1 Å². The smallest absolute Gasteiger partial charge is 0.118 e. The highest BCUT2D eigenvalue weighted by Crippen LogP contribution is 2.23. The Kier molecular flexibility index (Phi) is 5.03. The summed E-state index contributed by atoms with van der Waals surface area (Å²) < 4.78 is 5.94. The summed E-state index contributed by atoms with van der Waals surface area (Å²) in [6, 6.07) is 15.9. The molecular weight excluding hydrogens is 316 g/mol. The molecule has 102 valence electrons. The first-order chi connectivity index (χ1) is 9.74. The minimum absolute atomic E-state index is 0.641. The van der Waals surface area contributed by atoms with Gasteiger partial charge in [-0.15, -0.1) is 0 Å². The zero-order chi connectivity index (χ0) is 14.4. The molecule has 2 rings (SSSR count). The van der Waals surface area contributed by atoms with E-state index in [0.29, 0.717) is 5.56 Å². The van der Waals surface area contributed by atoms with Gasteiger partial charge in [-0.1, -0.05) is 18.2 Å². The van der Waals surface area contributed by atoms with Gasteiger partial charge in [0, 0.05) is 11.0 Å². The highest BCUT2D eigenvalue weighted by atomic mass is 79.9.